The summed E-state index contributed by atoms with van der Waals surface area (Å²) in [7, 11) is 0. The predicted octanol–water partition coefficient (Wildman–Crippen LogP) is 4.73. The highest BCUT2D eigenvalue weighted by Gasteiger charge is 2.21. The monoisotopic (exact) mass is 273 g/mol. The van der Waals surface area contributed by atoms with Crippen molar-refractivity contribution in [3.8, 4) is 0 Å². The third-order valence-corrected chi connectivity index (χ3v) is 3.91. The Labute approximate surface area is 115 Å². The number of benzene rings is 1. The first kappa shape index (κ1) is 14.8. The zero-order valence-corrected chi connectivity index (χ0v) is 12.4. The van der Waals surface area contributed by atoms with Crippen LogP contribution in [-0.2, 0) is 0 Å². The summed E-state index contributed by atoms with van der Waals surface area (Å²) in [4.78, 5) is 0. The summed E-state index contributed by atoms with van der Waals surface area (Å²) >= 11 is 12.0. The van der Waals surface area contributed by atoms with Gasteiger partial charge >= 0.3 is 0 Å². The first-order valence-corrected chi connectivity index (χ1v) is 6.91. The molecule has 0 fully saturated rings. The van der Waals surface area contributed by atoms with Crippen LogP contribution in [-0.4, -0.2) is 12.6 Å². The Hall–Kier alpha value is -0.240. The van der Waals surface area contributed by atoms with Crippen LogP contribution < -0.4 is 5.32 Å². The van der Waals surface area contributed by atoms with Crippen LogP contribution in [0.5, 0.6) is 0 Å². The molecule has 96 valence electrons. The van der Waals surface area contributed by atoms with E-state index >= 15 is 0 Å². The predicted molar refractivity (Wildman–Crippen MR) is 77.2 cm³/mol. The van der Waals surface area contributed by atoms with Crippen molar-refractivity contribution in [1.29, 1.82) is 0 Å². The lowest BCUT2D eigenvalue weighted by Crippen LogP contribution is -2.38. The van der Waals surface area contributed by atoms with Gasteiger partial charge < -0.3 is 5.32 Å². The molecule has 3 heteroatoms. The zero-order valence-electron chi connectivity index (χ0n) is 10.9. The van der Waals surface area contributed by atoms with E-state index in [2.05, 4.69) is 39.1 Å². The molecular formula is C14H21Cl2N. The molecule has 0 aliphatic carbocycles. The summed E-state index contributed by atoms with van der Waals surface area (Å²) in [5, 5.41) is 4.79. The van der Waals surface area contributed by atoms with Crippen LogP contribution in [0.4, 0.5) is 0 Å². The summed E-state index contributed by atoms with van der Waals surface area (Å²) in [6.07, 6.45) is 0. The van der Waals surface area contributed by atoms with Crippen LogP contribution in [0.2, 0.25) is 10.0 Å². The maximum atomic E-state index is 6.07. The van der Waals surface area contributed by atoms with Gasteiger partial charge in [-0.25, -0.2) is 0 Å². The fourth-order valence-corrected chi connectivity index (χ4v) is 2.54. The number of hydrogen-bond acceptors (Lipinski definition) is 1. The van der Waals surface area contributed by atoms with Crippen LogP contribution in [0.3, 0.4) is 0 Å². The van der Waals surface area contributed by atoms with Gasteiger partial charge in [-0.3, -0.25) is 0 Å². The molecule has 2 atom stereocenters. The molecule has 0 saturated carbocycles. The molecular weight excluding hydrogens is 253 g/mol. The molecule has 1 rings (SSSR count). The summed E-state index contributed by atoms with van der Waals surface area (Å²) in [6.45, 7) is 9.82. The smallest absolute Gasteiger partial charge is 0.0595 e. The standard InChI is InChI=1S/C14H21Cl2N/c1-5-17-14(9(2)3)10(4)11-6-7-12(15)13(16)8-11/h6-10,14,17H,5H2,1-4H3. The number of nitrogens with one attached hydrogen (secondary N) is 1. The topological polar surface area (TPSA) is 12.0 Å². The minimum absolute atomic E-state index is 0.421. The molecule has 1 aromatic rings. The molecule has 0 aliphatic rings. The van der Waals surface area contributed by atoms with E-state index in [4.69, 9.17) is 23.2 Å². The SMILES string of the molecule is CCNC(C(C)C)C(C)c1ccc(Cl)c(Cl)c1. The van der Waals surface area contributed by atoms with Gasteiger partial charge in [0.1, 0.15) is 0 Å². The van der Waals surface area contributed by atoms with Crippen molar-refractivity contribution < 1.29 is 0 Å². The van der Waals surface area contributed by atoms with E-state index in [0.29, 0.717) is 27.9 Å². The van der Waals surface area contributed by atoms with E-state index in [1.807, 2.05) is 12.1 Å². The summed E-state index contributed by atoms with van der Waals surface area (Å²) in [5.41, 5.74) is 1.24. The van der Waals surface area contributed by atoms with Gasteiger partial charge in [0.05, 0.1) is 10.0 Å². The number of halogens is 2. The summed E-state index contributed by atoms with van der Waals surface area (Å²) in [5.74, 6) is 1.00. The van der Waals surface area contributed by atoms with Crippen molar-refractivity contribution in [3.05, 3.63) is 33.8 Å². The highest BCUT2D eigenvalue weighted by molar-refractivity contribution is 6.42. The quantitative estimate of drug-likeness (QED) is 0.818. The first-order chi connectivity index (χ1) is 7.97. The zero-order chi connectivity index (χ0) is 13.0. The normalized spacial score (nSPS) is 15.0. The average Bonchev–Trinajstić information content (AvgIpc) is 2.28. The molecule has 0 heterocycles. The first-order valence-electron chi connectivity index (χ1n) is 6.15. The lowest BCUT2D eigenvalue weighted by molar-refractivity contribution is 0.360. The molecule has 1 aromatic carbocycles. The van der Waals surface area contributed by atoms with Crippen molar-refractivity contribution >= 4 is 23.2 Å². The second-order valence-electron chi connectivity index (χ2n) is 4.79. The van der Waals surface area contributed by atoms with Crippen molar-refractivity contribution in [2.45, 2.75) is 39.7 Å². The van der Waals surface area contributed by atoms with Crippen LogP contribution in [0.25, 0.3) is 0 Å². The summed E-state index contributed by atoms with van der Waals surface area (Å²) < 4.78 is 0. The molecule has 1 nitrogen and oxygen atoms in total. The van der Waals surface area contributed by atoms with E-state index in [1.165, 1.54) is 5.56 Å². The molecule has 2 unspecified atom stereocenters. The van der Waals surface area contributed by atoms with Gasteiger partial charge in [0.2, 0.25) is 0 Å². The van der Waals surface area contributed by atoms with Crippen LogP contribution in [0.15, 0.2) is 18.2 Å². The van der Waals surface area contributed by atoms with Gasteiger partial charge in [-0.1, -0.05) is 57.0 Å². The number of hydrogen-bond donors (Lipinski definition) is 1. The van der Waals surface area contributed by atoms with Gasteiger partial charge in [0, 0.05) is 6.04 Å². The van der Waals surface area contributed by atoms with Crippen molar-refractivity contribution in [1.82, 2.24) is 5.32 Å². The Morgan fingerprint density at radius 1 is 1.12 bits per heavy atom. The summed E-state index contributed by atoms with van der Waals surface area (Å²) in [6, 6.07) is 6.36. The molecule has 0 spiro atoms. The Morgan fingerprint density at radius 2 is 1.76 bits per heavy atom. The second-order valence-corrected chi connectivity index (χ2v) is 5.60. The fraction of sp³-hybridized carbons (Fsp3) is 0.571. The third kappa shape index (κ3) is 3.87. The highest BCUT2D eigenvalue weighted by Crippen LogP contribution is 2.29. The van der Waals surface area contributed by atoms with Crippen molar-refractivity contribution in [2.75, 3.05) is 6.54 Å². The Balaban J connectivity index is 2.92. The third-order valence-electron chi connectivity index (χ3n) is 3.17. The molecule has 0 amide bonds. The highest BCUT2D eigenvalue weighted by atomic mass is 35.5. The molecule has 1 N–H and O–H groups in total. The Bertz CT molecular complexity index is 363. The van der Waals surface area contributed by atoms with E-state index in [-0.39, 0.29) is 0 Å². The van der Waals surface area contributed by atoms with Gasteiger partial charge in [-0.2, -0.15) is 0 Å². The van der Waals surface area contributed by atoms with E-state index in [1.54, 1.807) is 0 Å². The van der Waals surface area contributed by atoms with E-state index in [9.17, 15) is 0 Å². The van der Waals surface area contributed by atoms with Crippen molar-refractivity contribution in [3.63, 3.8) is 0 Å². The number of rotatable bonds is 5. The molecule has 0 aromatic heterocycles. The van der Waals surface area contributed by atoms with E-state index in [0.717, 1.165) is 6.54 Å². The number of likely N-dealkylation sites (N-methyl/N-ethyl adjacent to an activating group) is 1. The van der Waals surface area contributed by atoms with Gasteiger partial charge in [-0.15, -0.1) is 0 Å². The van der Waals surface area contributed by atoms with E-state index < -0.39 is 0 Å². The van der Waals surface area contributed by atoms with Crippen molar-refractivity contribution in [2.24, 2.45) is 5.92 Å². The van der Waals surface area contributed by atoms with Gasteiger partial charge in [0.15, 0.2) is 0 Å². The molecule has 0 aliphatic heterocycles. The van der Waals surface area contributed by atoms with Crippen LogP contribution in [0.1, 0.15) is 39.2 Å². The maximum Gasteiger partial charge on any atom is 0.0595 e. The lowest BCUT2D eigenvalue weighted by atomic mass is 9.86. The molecule has 0 radical (unpaired) electrons. The molecule has 17 heavy (non-hydrogen) atoms. The molecule has 0 saturated heterocycles. The molecule has 0 bridgehead atoms. The fourth-order valence-electron chi connectivity index (χ4n) is 2.23. The Morgan fingerprint density at radius 3 is 2.24 bits per heavy atom. The minimum Gasteiger partial charge on any atom is -0.313 e. The van der Waals surface area contributed by atoms with Crippen LogP contribution in [0, 0.1) is 5.92 Å². The van der Waals surface area contributed by atoms with Gasteiger partial charge in [-0.05, 0) is 36.1 Å². The Kier molecular flexibility index (Phi) is 5.78. The van der Waals surface area contributed by atoms with Gasteiger partial charge in [0.25, 0.3) is 0 Å². The second kappa shape index (κ2) is 6.63. The average molecular weight is 274 g/mol. The maximum absolute atomic E-state index is 6.07. The largest absolute Gasteiger partial charge is 0.313 e. The minimum atomic E-state index is 0.421. The van der Waals surface area contributed by atoms with Crippen LogP contribution >= 0.6 is 23.2 Å². The lowest BCUT2D eigenvalue weighted by Gasteiger charge is -2.28.